The van der Waals surface area contributed by atoms with Crippen LogP contribution in [0, 0.1) is 0 Å². The second kappa shape index (κ2) is 6.29. The fourth-order valence-corrected chi connectivity index (χ4v) is 3.22. The zero-order valence-electron chi connectivity index (χ0n) is 13.3. The first-order chi connectivity index (χ1) is 12.1. The Morgan fingerprint density at radius 3 is 2.96 bits per heavy atom. The summed E-state index contributed by atoms with van der Waals surface area (Å²) < 4.78 is 1.74. The van der Waals surface area contributed by atoms with Gasteiger partial charge in [-0.3, -0.25) is 14.2 Å². The molecule has 3 heterocycles. The van der Waals surface area contributed by atoms with Crippen molar-refractivity contribution in [2.45, 2.75) is 25.8 Å². The van der Waals surface area contributed by atoms with Crippen LogP contribution in [0.5, 0.6) is 0 Å². The number of anilines is 1. The minimum absolute atomic E-state index is 0.0399. The second-order valence-corrected chi connectivity index (χ2v) is 6.33. The lowest BCUT2D eigenvalue weighted by atomic mass is 10.1. The van der Waals surface area contributed by atoms with Gasteiger partial charge in [-0.1, -0.05) is 11.6 Å². The van der Waals surface area contributed by atoms with Gasteiger partial charge in [-0.25, -0.2) is 9.97 Å². The summed E-state index contributed by atoms with van der Waals surface area (Å²) in [5.41, 5.74) is 1.36. The number of nitrogens with zero attached hydrogens (tertiary/aromatic N) is 3. The summed E-state index contributed by atoms with van der Waals surface area (Å²) in [6.45, 7) is 0.707. The highest BCUT2D eigenvalue weighted by molar-refractivity contribution is 6.32. The molecule has 2 aromatic heterocycles. The van der Waals surface area contributed by atoms with Crippen LogP contribution in [-0.4, -0.2) is 20.4 Å². The van der Waals surface area contributed by atoms with Crippen molar-refractivity contribution >= 4 is 34.1 Å². The van der Waals surface area contributed by atoms with Crippen molar-refractivity contribution in [2.24, 2.45) is 0 Å². The molecule has 0 bridgehead atoms. The highest BCUT2D eigenvalue weighted by Gasteiger charge is 2.16. The van der Waals surface area contributed by atoms with Gasteiger partial charge in [0.2, 0.25) is 0 Å². The smallest absolute Gasteiger partial charge is 0.261 e. The monoisotopic (exact) mass is 354 g/mol. The number of carbonyl (C=O) groups is 1. The summed E-state index contributed by atoms with van der Waals surface area (Å²) in [4.78, 5) is 33.6. The molecule has 4 rings (SSSR count). The number of rotatable bonds is 2. The van der Waals surface area contributed by atoms with Crippen molar-refractivity contribution in [3.05, 3.63) is 63.4 Å². The normalized spacial score (nSPS) is 13.5. The van der Waals surface area contributed by atoms with Gasteiger partial charge in [0.25, 0.3) is 11.5 Å². The molecule has 0 unspecified atom stereocenters. The molecule has 1 N–H and O–H groups in total. The first kappa shape index (κ1) is 15.8. The van der Waals surface area contributed by atoms with Crippen molar-refractivity contribution in [2.75, 3.05) is 5.32 Å². The van der Waals surface area contributed by atoms with Gasteiger partial charge >= 0.3 is 0 Å². The van der Waals surface area contributed by atoms with Gasteiger partial charge in [0.15, 0.2) is 5.15 Å². The van der Waals surface area contributed by atoms with Crippen LogP contribution in [0.4, 0.5) is 5.69 Å². The maximum absolute atomic E-state index is 12.6. The van der Waals surface area contributed by atoms with Crippen LogP contribution in [0.1, 0.15) is 29.0 Å². The molecule has 0 saturated carbocycles. The van der Waals surface area contributed by atoms with Crippen LogP contribution in [0.25, 0.3) is 10.9 Å². The molecule has 1 aromatic carbocycles. The highest BCUT2D eigenvalue weighted by atomic mass is 35.5. The summed E-state index contributed by atoms with van der Waals surface area (Å²) >= 11 is 5.97. The van der Waals surface area contributed by atoms with Crippen LogP contribution >= 0.6 is 11.6 Å². The Morgan fingerprint density at radius 1 is 1.24 bits per heavy atom. The van der Waals surface area contributed by atoms with Crippen LogP contribution in [-0.2, 0) is 13.0 Å². The Labute approximate surface area is 148 Å². The summed E-state index contributed by atoms with van der Waals surface area (Å²) in [5.74, 6) is 0.466. The Bertz CT molecular complexity index is 1040. The quantitative estimate of drug-likeness (QED) is 0.717. The molecule has 1 aliphatic heterocycles. The maximum Gasteiger partial charge on any atom is 0.261 e. The molecule has 1 aliphatic rings. The first-order valence-corrected chi connectivity index (χ1v) is 8.46. The Hall–Kier alpha value is -2.73. The molecule has 0 spiro atoms. The average molecular weight is 355 g/mol. The molecule has 7 heteroatoms. The van der Waals surface area contributed by atoms with E-state index >= 15 is 0 Å². The molecule has 0 saturated heterocycles. The number of nitrogens with one attached hydrogen (secondary N) is 1. The SMILES string of the molecule is O=C(Nc1cccnc1Cl)c1ccc2c(=O)n3c(nc2c1)CCCC3. The number of pyridine rings is 1. The number of carbonyl (C=O) groups excluding carboxylic acids is 1. The number of amides is 1. The second-order valence-electron chi connectivity index (χ2n) is 5.97. The van der Waals surface area contributed by atoms with E-state index in [0.717, 1.165) is 25.1 Å². The summed E-state index contributed by atoms with van der Waals surface area (Å²) in [6.07, 6.45) is 4.35. The van der Waals surface area contributed by atoms with E-state index in [-0.39, 0.29) is 16.6 Å². The van der Waals surface area contributed by atoms with Crippen molar-refractivity contribution in [1.82, 2.24) is 14.5 Å². The van der Waals surface area contributed by atoms with E-state index in [4.69, 9.17) is 11.6 Å². The van der Waals surface area contributed by atoms with Gasteiger partial charge in [-0.05, 0) is 43.2 Å². The molecular weight excluding hydrogens is 340 g/mol. The zero-order valence-corrected chi connectivity index (χ0v) is 14.1. The summed E-state index contributed by atoms with van der Waals surface area (Å²) in [5, 5.41) is 3.48. The standard InChI is InChI=1S/C18H15ClN4O2/c19-16-13(4-3-8-20-16)22-17(24)11-6-7-12-14(10-11)21-15-5-1-2-9-23(15)18(12)25/h3-4,6-8,10H,1-2,5,9H2,(H,22,24). The van der Waals surface area contributed by atoms with Gasteiger partial charge in [-0.2, -0.15) is 0 Å². The van der Waals surface area contributed by atoms with Crippen molar-refractivity contribution < 1.29 is 4.79 Å². The molecule has 0 radical (unpaired) electrons. The van der Waals surface area contributed by atoms with E-state index in [1.54, 1.807) is 41.1 Å². The lowest BCUT2D eigenvalue weighted by Gasteiger charge is -2.17. The van der Waals surface area contributed by atoms with E-state index in [9.17, 15) is 9.59 Å². The van der Waals surface area contributed by atoms with Gasteiger partial charge in [-0.15, -0.1) is 0 Å². The summed E-state index contributed by atoms with van der Waals surface area (Å²) in [7, 11) is 0. The molecule has 0 aliphatic carbocycles. The molecule has 126 valence electrons. The van der Waals surface area contributed by atoms with Crippen LogP contribution in [0.3, 0.4) is 0 Å². The van der Waals surface area contributed by atoms with E-state index in [2.05, 4.69) is 15.3 Å². The topological polar surface area (TPSA) is 76.9 Å². The average Bonchev–Trinajstić information content (AvgIpc) is 2.63. The zero-order chi connectivity index (χ0) is 17.4. The largest absolute Gasteiger partial charge is 0.319 e. The fraction of sp³-hybridized carbons (Fsp3) is 0.222. The minimum atomic E-state index is -0.323. The molecule has 1 amide bonds. The number of hydrogen-bond acceptors (Lipinski definition) is 4. The number of aromatic nitrogens is 3. The van der Waals surface area contributed by atoms with Gasteiger partial charge in [0.05, 0.1) is 16.6 Å². The fourth-order valence-electron chi connectivity index (χ4n) is 3.06. The number of halogens is 1. The lowest BCUT2D eigenvalue weighted by Crippen LogP contribution is -2.28. The van der Waals surface area contributed by atoms with Crippen molar-refractivity contribution in [1.29, 1.82) is 0 Å². The molecule has 25 heavy (non-hydrogen) atoms. The minimum Gasteiger partial charge on any atom is -0.319 e. The van der Waals surface area contributed by atoms with E-state index < -0.39 is 0 Å². The Kier molecular flexibility index (Phi) is 3.97. The number of fused-ring (bicyclic) bond motifs is 2. The van der Waals surface area contributed by atoms with Crippen molar-refractivity contribution in [3.63, 3.8) is 0 Å². The van der Waals surface area contributed by atoms with Crippen LogP contribution in [0.2, 0.25) is 5.15 Å². The Morgan fingerprint density at radius 2 is 2.12 bits per heavy atom. The predicted octanol–water partition coefficient (Wildman–Crippen LogP) is 3.03. The van der Waals surface area contributed by atoms with Crippen molar-refractivity contribution in [3.8, 4) is 0 Å². The third kappa shape index (κ3) is 2.89. The summed E-state index contributed by atoms with van der Waals surface area (Å²) in [6, 6.07) is 8.30. The highest BCUT2D eigenvalue weighted by Crippen LogP contribution is 2.20. The lowest BCUT2D eigenvalue weighted by molar-refractivity contribution is 0.102. The molecular formula is C18H15ClN4O2. The third-order valence-corrected chi connectivity index (χ3v) is 4.64. The molecule has 6 nitrogen and oxygen atoms in total. The third-order valence-electron chi connectivity index (χ3n) is 4.34. The molecule has 0 fully saturated rings. The Balaban J connectivity index is 1.72. The van der Waals surface area contributed by atoms with Gasteiger partial charge < -0.3 is 5.32 Å². The number of hydrogen-bond donors (Lipinski definition) is 1. The first-order valence-electron chi connectivity index (χ1n) is 8.09. The maximum atomic E-state index is 12.6. The van der Waals surface area contributed by atoms with Gasteiger partial charge in [0.1, 0.15) is 5.82 Å². The molecule has 0 atom stereocenters. The number of benzene rings is 1. The predicted molar refractivity (Wildman–Crippen MR) is 96.1 cm³/mol. The van der Waals surface area contributed by atoms with E-state index in [0.29, 0.717) is 28.7 Å². The van der Waals surface area contributed by atoms with Gasteiger partial charge in [0, 0.05) is 24.7 Å². The van der Waals surface area contributed by atoms with E-state index in [1.807, 2.05) is 0 Å². The number of aryl methyl sites for hydroxylation is 1. The van der Waals surface area contributed by atoms with Crippen LogP contribution < -0.4 is 10.9 Å². The molecule has 3 aromatic rings. The van der Waals surface area contributed by atoms with E-state index in [1.165, 1.54) is 0 Å². The van der Waals surface area contributed by atoms with Crippen LogP contribution in [0.15, 0.2) is 41.3 Å².